The molecule has 7 aliphatic carbocycles. The average Bonchev–Trinajstić information content (AvgIpc) is 1.51. The third-order valence-corrected chi connectivity index (χ3v) is 34.7. The summed E-state index contributed by atoms with van der Waals surface area (Å²) >= 11 is 0. The van der Waals surface area contributed by atoms with E-state index in [1.54, 1.807) is 0 Å². The maximum Gasteiger partial charge on any atom is 0.136 e. The molecule has 0 atom stereocenters. The number of hydrogen-bond acceptors (Lipinski definition) is 3. The highest BCUT2D eigenvalue weighted by atomic mass is 16.3. The fraction of sp³-hybridized carbons (Fsp3) is 0.0417. The molecule has 35 rings (SSSR count). The number of fused-ring (bicyclic) bond motifs is 48. The highest BCUT2D eigenvalue weighted by Gasteiger charge is 2.56. The van der Waals surface area contributed by atoms with Crippen LogP contribution in [0.15, 0.2) is 511 Å². The largest absolute Gasteiger partial charge is 0.456 e. The SMILES string of the molecule is CC1(C)c2ccccc2-c2ccc(-c3ccc4oc5cc6c(cc5c4c3)-c3ccccc3C63c4ccccc4-c4ccccc43)cc21.c1ccc(-n2c3ccccc3c3ccc(-c4ccc5oc6cc7c(cc6c5c4)-c4ccccc4C74c5ccccc5-c5ccccc54)cc32)cc1.c1ccc(-n2c3ccccc3c3ccc(-c4cccc5oc6cc7c(cc6c45)-c4ccccc4C74c5ccccc5-c5ccccc54)cc32)cc1. The van der Waals surface area contributed by atoms with E-state index in [1.165, 1.54) is 238 Å². The van der Waals surface area contributed by atoms with Gasteiger partial charge in [0.1, 0.15) is 33.5 Å². The van der Waals surface area contributed by atoms with Crippen LogP contribution in [0, 0.1) is 0 Å². The molecular weight excluding hydrogens is 1810 g/mol. The fourth-order valence-corrected chi connectivity index (χ4v) is 28.6. The molecule has 28 aromatic rings. The number of para-hydroxylation sites is 4. The Morgan fingerprint density at radius 2 is 0.423 bits per heavy atom. The van der Waals surface area contributed by atoms with Gasteiger partial charge in [-0.2, -0.15) is 0 Å². The van der Waals surface area contributed by atoms with Crippen LogP contribution in [-0.4, -0.2) is 9.13 Å². The summed E-state index contributed by atoms with van der Waals surface area (Å²) in [7, 11) is 0. The lowest BCUT2D eigenvalue weighted by Gasteiger charge is -2.30. The van der Waals surface area contributed by atoms with Gasteiger partial charge in [-0.3, -0.25) is 0 Å². The minimum atomic E-state index is -0.398. The number of furan rings is 3. The molecule has 7 aliphatic rings. The van der Waals surface area contributed by atoms with Crippen LogP contribution >= 0.6 is 0 Å². The van der Waals surface area contributed by atoms with E-state index in [0.29, 0.717) is 0 Å². The molecule has 0 saturated heterocycles. The number of aromatic nitrogens is 2. The molecule has 3 spiro atoms. The van der Waals surface area contributed by atoms with E-state index < -0.39 is 5.41 Å². The van der Waals surface area contributed by atoms with Crippen molar-refractivity contribution < 1.29 is 13.3 Å². The van der Waals surface area contributed by atoms with Gasteiger partial charge in [-0.05, 0) is 310 Å². The molecule has 0 fully saturated rings. The van der Waals surface area contributed by atoms with E-state index in [0.717, 1.165) is 71.8 Å². The van der Waals surface area contributed by atoms with Gasteiger partial charge >= 0.3 is 0 Å². The first-order chi connectivity index (χ1) is 73.6. The van der Waals surface area contributed by atoms with E-state index in [2.05, 4.69) is 520 Å². The van der Waals surface area contributed by atoms with Crippen LogP contribution < -0.4 is 0 Å². The van der Waals surface area contributed by atoms with Crippen molar-refractivity contribution >= 4 is 109 Å². The molecule has 5 heterocycles. The van der Waals surface area contributed by atoms with Gasteiger partial charge < -0.3 is 22.4 Å². The maximum atomic E-state index is 6.84. The molecule has 0 N–H and O–H groups in total. The standard InChI is InChI=1S/2C49H29NO.C46H30O/c1-2-13-31(14-3-1)50-44-23-11-7-18-36(44)37-26-25-30(27-45(37)50)32-19-12-24-46-48(32)39-28-38-35-17-6-10-22-42(35)49(43(38)29-47(39)51-46)40-20-8-4-15-33(40)34-16-5-9-21-41(34)49;1-2-12-32(13-3-1)50-45-21-11-7-17-36(45)37-24-22-31(27-46(37)50)30-23-25-47-39(26-30)40-28-38-35-16-6-10-20-43(35)49(44(38)29-48(40)51-47)41-18-8-4-14-33(41)34-15-5-9-19-42(34)49;1-45(2)37-15-7-3-11-29(37)33-21-19-28(24-41(33)45)27-20-22-43-35(23-27)36-25-34-32-14-6-10-18-40(32)46(42(34)26-44(36)47-43)38-16-8-4-12-30(38)31-13-5-9-17-39(31)46/h2*1-29H;3-26H,1-2H3. The van der Waals surface area contributed by atoms with Gasteiger partial charge in [0.15, 0.2) is 0 Å². The number of hydrogen-bond donors (Lipinski definition) is 0. The Bertz CT molecular complexity index is 10600. The van der Waals surface area contributed by atoms with Crippen molar-refractivity contribution in [2.75, 3.05) is 0 Å². The van der Waals surface area contributed by atoms with Gasteiger partial charge in [0.05, 0.1) is 38.3 Å². The van der Waals surface area contributed by atoms with Crippen LogP contribution in [0.4, 0.5) is 0 Å². The predicted molar refractivity (Wildman–Crippen MR) is 613 cm³/mol. The third-order valence-electron chi connectivity index (χ3n) is 34.7. The Balaban J connectivity index is 0.0000000971. The van der Waals surface area contributed by atoms with Gasteiger partial charge in [-0.25, -0.2) is 0 Å². The molecule has 692 valence electrons. The molecule has 0 radical (unpaired) electrons. The summed E-state index contributed by atoms with van der Waals surface area (Å²) < 4.78 is 25.0. The predicted octanol–water partition coefficient (Wildman–Crippen LogP) is 37.3. The molecule has 23 aromatic carbocycles. The van der Waals surface area contributed by atoms with E-state index in [9.17, 15) is 0 Å². The topological polar surface area (TPSA) is 49.3 Å². The molecule has 5 heteroatoms. The summed E-state index contributed by atoms with van der Waals surface area (Å²) in [4.78, 5) is 0. The van der Waals surface area contributed by atoms with Gasteiger partial charge in [0, 0.05) is 70.7 Å². The lowest BCUT2D eigenvalue weighted by molar-refractivity contribution is 0.660. The molecule has 0 amide bonds. The highest BCUT2D eigenvalue weighted by Crippen LogP contribution is 2.68. The summed E-state index contributed by atoms with van der Waals surface area (Å²) in [5.41, 5.74) is 55.8. The van der Waals surface area contributed by atoms with Gasteiger partial charge in [0.25, 0.3) is 0 Å². The second-order valence-corrected chi connectivity index (χ2v) is 42.0. The molecule has 5 aromatic heterocycles. The lowest BCUT2D eigenvalue weighted by atomic mass is 9.70. The van der Waals surface area contributed by atoms with Crippen LogP contribution in [0.2, 0.25) is 0 Å². The first-order valence-corrected chi connectivity index (χ1v) is 52.0. The third kappa shape index (κ3) is 11.0. The summed E-state index contributed by atoms with van der Waals surface area (Å²) in [6.45, 7) is 4.70. The minimum absolute atomic E-state index is 0.0320. The maximum absolute atomic E-state index is 6.84. The molecule has 0 unspecified atom stereocenters. The molecular formula is C144H88N2O3. The number of nitrogens with zero attached hydrogens (tertiary/aromatic N) is 2. The van der Waals surface area contributed by atoms with E-state index in [1.807, 2.05) is 0 Å². The Kier molecular flexibility index (Phi) is 16.8. The number of benzene rings is 23. The first kappa shape index (κ1) is 82.5. The van der Waals surface area contributed by atoms with Crippen LogP contribution in [0.5, 0.6) is 0 Å². The van der Waals surface area contributed by atoms with E-state index in [4.69, 9.17) is 13.3 Å². The smallest absolute Gasteiger partial charge is 0.136 e. The minimum Gasteiger partial charge on any atom is -0.456 e. The van der Waals surface area contributed by atoms with Crippen molar-refractivity contribution in [3.63, 3.8) is 0 Å². The van der Waals surface area contributed by atoms with Crippen LogP contribution in [0.25, 0.3) is 232 Å². The Morgan fingerprint density at radius 1 is 0.148 bits per heavy atom. The van der Waals surface area contributed by atoms with Gasteiger partial charge in [-0.15, -0.1) is 0 Å². The van der Waals surface area contributed by atoms with Gasteiger partial charge in [-0.1, -0.05) is 390 Å². The van der Waals surface area contributed by atoms with E-state index in [-0.39, 0.29) is 16.2 Å². The Hall–Kier alpha value is -18.9. The number of rotatable bonds is 5. The zero-order valence-corrected chi connectivity index (χ0v) is 81.5. The fourth-order valence-electron chi connectivity index (χ4n) is 28.6. The van der Waals surface area contributed by atoms with Crippen molar-refractivity contribution in [1.82, 2.24) is 9.13 Å². The first-order valence-electron chi connectivity index (χ1n) is 52.0. The van der Waals surface area contributed by atoms with Crippen LogP contribution in [-0.2, 0) is 21.7 Å². The normalized spacial score (nSPS) is 14.2. The Labute approximate surface area is 859 Å². The molecule has 0 saturated carbocycles. The second kappa shape index (κ2) is 30.4. The van der Waals surface area contributed by atoms with Crippen LogP contribution in [0.3, 0.4) is 0 Å². The van der Waals surface area contributed by atoms with Crippen molar-refractivity contribution in [2.24, 2.45) is 0 Å². The highest BCUT2D eigenvalue weighted by molar-refractivity contribution is 6.19. The Morgan fingerprint density at radius 3 is 0.832 bits per heavy atom. The molecule has 5 nitrogen and oxygen atoms in total. The lowest BCUT2D eigenvalue weighted by Crippen LogP contribution is -2.25. The second-order valence-electron chi connectivity index (χ2n) is 42.0. The van der Waals surface area contributed by atoms with E-state index >= 15 is 0 Å². The average molecular weight is 1890 g/mol. The zero-order chi connectivity index (χ0) is 97.6. The zero-order valence-electron chi connectivity index (χ0n) is 81.5. The van der Waals surface area contributed by atoms with Crippen molar-refractivity contribution in [2.45, 2.75) is 35.5 Å². The quantitative estimate of drug-likeness (QED) is 0.173. The molecule has 0 bridgehead atoms. The van der Waals surface area contributed by atoms with Crippen molar-refractivity contribution in [1.29, 1.82) is 0 Å². The molecule has 0 aliphatic heterocycles. The van der Waals surface area contributed by atoms with Crippen molar-refractivity contribution in [3.8, 4) is 123 Å². The summed E-state index contributed by atoms with van der Waals surface area (Å²) in [5.74, 6) is 0. The summed E-state index contributed by atoms with van der Waals surface area (Å²) in [6.07, 6.45) is 0. The summed E-state index contributed by atoms with van der Waals surface area (Å²) in [5, 5.41) is 11.9. The molecule has 149 heavy (non-hydrogen) atoms. The van der Waals surface area contributed by atoms with Crippen molar-refractivity contribution in [3.05, 3.63) is 575 Å². The van der Waals surface area contributed by atoms with Crippen LogP contribution in [0.1, 0.15) is 91.7 Å². The van der Waals surface area contributed by atoms with Gasteiger partial charge in [0.2, 0.25) is 0 Å². The monoisotopic (exact) mass is 1890 g/mol. The summed E-state index contributed by atoms with van der Waals surface area (Å²) in [6, 6.07) is 183.